The van der Waals surface area contributed by atoms with E-state index in [2.05, 4.69) is 10.5 Å². The highest BCUT2D eigenvalue weighted by molar-refractivity contribution is 5.64. The van der Waals surface area contributed by atoms with Gasteiger partial charge in [0.2, 0.25) is 0 Å². The van der Waals surface area contributed by atoms with E-state index in [1.165, 1.54) is 0 Å². The van der Waals surface area contributed by atoms with Crippen LogP contribution in [0.25, 0.3) is 0 Å². The molecule has 0 heterocycles. The molecule has 3 nitrogen and oxygen atoms in total. The molecule has 0 aliphatic rings. The molecule has 0 spiro atoms. The summed E-state index contributed by atoms with van der Waals surface area (Å²) in [5, 5.41) is 0. The molecule has 12 heavy (non-hydrogen) atoms. The maximum absolute atomic E-state index is 12.2. The standard InChI is InChI=1S/C5H7F4NO2/c1-2(12-4(10)11)5(8,9)3(6)7/h2-3H,1H3,(H2,10,11). The number of hydrogen-bond donors (Lipinski definition) is 1. The van der Waals surface area contributed by atoms with Crippen molar-refractivity contribution in [2.24, 2.45) is 5.73 Å². The molecule has 0 saturated heterocycles. The van der Waals surface area contributed by atoms with Crippen LogP contribution in [-0.2, 0) is 4.74 Å². The van der Waals surface area contributed by atoms with Crippen LogP contribution in [0, 0.1) is 0 Å². The van der Waals surface area contributed by atoms with Crippen molar-refractivity contribution in [3.8, 4) is 0 Å². The summed E-state index contributed by atoms with van der Waals surface area (Å²) < 4.78 is 51.2. The largest absolute Gasteiger partial charge is 0.440 e. The molecule has 7 heteroatoms. The first-order valence-corrected chi connectivity index (χ1v) is 2.90. The number of ether oxygens (including phenoxy) is 1. The minimum Gasteiger partial charge on any atom is -0.440 e. The summed E-state index contributed by atoms with van der Waals surface area (Å²) in [6, 6.07) is 0. The van der Waals surface area contributed by atoms with Crippen LogP contribution in [0.4, 0.5) is 22.4 Å². The molecule has 0 radical (unpaired) electrons. The fourth-order valence-corrected chi connectivity index (χ4v) is 0.430. The van der Waals surface area contributed by atoms with Crippen molar-refractivity contribution >= 4 is 6.09 Å². The van der Waals surface area contributed by atoms with Gasteiger partial charge in [0.25, 0.3) is 0 Å². The Bertz CT molecular complexity index is 173. The maximum Gasteiger partial charge on any atom is 0.404 e. The zero-order valence-electron chi connectivity index (χ0n) is 6.06. The Morgan fingerprint density at radius 2 is 1.92 bits per heavy atom. The summed E-state index contributed by atoms with van der Waals surface area (Å²) in [4.78, 5) is 9.90. The van der Waals surface area contributed by atoms with Crippen LogP contribution in [-0.4, -0.2) is 24.5 Å². The number of alkyl halides is 4. The number of rotatable bonds is 3. The monoisotopic (exact) mass is 189 g/mol. The van der Waals surface area contributed by atoms with Gasteiger partial charge in [0, 0.05) is 0 Å². The first kappa shape index (κ1) is 11.0. The van der Waals surface area contributed by atoms with E-state index in [1.807, 2.05) is 0 Å². The van der Waals surface area contributed by atoms with E-state index in [-0.39, 0.29) is 0 Å². The van der Waals surface area contributed by atoms with E-state index < -0.39 is 24.5 Å². The van der Waals surface area contributed by atoms with Gasteiger partial charge in [-0.15, -0.1) is 0 Å². The summed E-state index contributed by atoms with van der Waals surface area (Å²) in [7, 11) is 0. The first-order chi connectivity index (χ1) is 5.28. The zero-order valence-corrected chi connectivity index (χ0v) is 6.06. The van der Waals surface area contributed by atoms with Gasteiger partial charge < -0.3 is 10.5 Å². The van der Waals surface area contributed by atoms with Gasteiger partial charge in [-0.05, 0) is 6.92 Å². The Morgan fingerprint density at radius 1 is 1.50 bits per heavy atom. The zero-order chi connectivity index (χ0) is 9.94. The predicted octanol–water partition coefficient (Wildman–Crippen LogP) is 1.37. The van der Waals surface area contributed by atoms with Crippen molar-refractivity contribution in [2.75, 3.05) is 0 Å². The SMILES string of the molecule is CC(OC(N)=O)C(F)(F)C(F)F. The van der Waals surface area contributed by atoms with Crippen molar-refractivity contribution < 1.29 is 27.1 Å². The molecule has 1 unspecified atom stereocenters. The number of halogens is 4. The van der Waals surface area contributed by atoms with Crippen molar-refractivity contribution in [1.29, 1.82) is 0 Å². The fraction of sp³-hybridized carbons (Fsp3) is 0.800. The van der Waals surface area contributed by atoms with Crippen LogP contribution in [0.5, 0.6) is 0 Å². The Kier molecular flexibility index (Phi) is 3.29. The molecule has 72 valence electrons. The molecule has 0 aromatic heterocycles. The number of nitrogens with two attached hydrogens (primary N) is 1. The average molecular weight is 189 g/mol. The number of primary amides is 1. The fourth-order valence-electron chi connectivity index (χ4n) is 0.430. The normalized spacial score (nSPS) is 14.5. The van der Waals surface area contributed by atoms with Crippen molar-refractivity contribution in [1.82, 2.24) is 0 Å². The molecule has 1 amide bonds. The average Bonchev–Trinajstić information content (AvgIpc) is 1.85. The summed E-state index contributed by atoms with van der Waals surface area (Å²) in [5.74, 6) is -4.37. The van der Waals surface area contributed by atoms with Crippen LogP contribution < -0.4 is 5.73 Å². The van der Waals surface area contributed by atoms with Gasteiger partial charge in [-0.25, -0.2) is 13.6 Å². The third-order valence-electron chi connectivity index (χ3n) is 1.13. The predicted molar refractivity (Wildman–Crippen MR) is 31.1 cm³/mol. The Hall–Kier alpha value is -1.01. The van der Waals surface area contributed by atoms with Crippen molar-refractivity contribution in [2.45, 2.75) is 25.4 Å². The van der Waals surface area contributed by atoms with Crippen molar-refractivity contribution in [3.63, 3.8) is 0 Å². The van der Waals surface area contributed by atoms with Crippen LogP contribution in [0.3, 0.4) is 0 Å². The topological polar surface area (TPSA) is 52.3 Å². The number of amides is 1. The lowest BCUT2D eigenvalue weighted by molar-refractivity contribution is -0.185. The first-order valence-electron chi connectivity index (χ1n) is 2.90. The van der Waals surface area contributed by atoms with Gasteiger partial charge >= 0.3 is 18.4 Å². The quantitative estimate of drug-likeness (QED) is 0.681. The molecule has 2 N–H and O–H groups in total. The summed E-state index contributed by atoms with van der Waals surface area (Å²) in [5.41, 5.74) is 4.35. The molecule has 0 fully saturated rings. The summed E-state index contributed by atoms with van der Waals surface area (Å²) >= 11 is 0. The summed E-state index contributed by atoms with van der Waals surface area (Å²) in [6.07, 6.45) is -7.62. The highest BCUT2D eigenvalue weighted by Gasteiger charge is 2.48. The summed E-state index contributed by atoms with van der Waals surface area (Å²) in [6.45, 7) is 0.636. The van der Waals surface area contributed by atoms with Gasteiger partial charge in [0.15, 0.2) is 6.10 Å². The third kappa shape index (κ3) is 2.55. The third-order valence-corrected chi connectivity index (χ3v) is 1.13. The van der Waals surface area contributed by atoms with E-state index in [0.717, 1.165) is 0 Å². The highest BCUT2D eigenvalue weighted by Crippen LogP contribution is 2.28. The minimum absolute atomic E-state index is 0.636. The molecule has 0 rings (SSSR count). The second-order valence-corrected chi connectivity index (χ2v) is 2.05. The lowest BCUT2D eigenvalue weighted by atomic mass is 10.2. The molecule has 1 atom stereocenters. The van der Waals surface area contributed by atoms with Gasteiger partial charge in [-0.2, -0.15) is 8.78 Å². The van der Waals surface area contributed by atoms with Crippen LogP contribution in [0.1, 0.15) is 6.92 Å². The van der Waals surface area contributed by atoms with Gasteiger partial charge in [0.1, 0.15) is 0 Å². The smallest absolute Gasteiger partial charge is 0.404 e. The Balaban J connectivity index is 4.24. The molecule has 0 aromatic rings. The van der Waals surface area contributed by atoms with Crippen molar-refractivity contribution in [3.05, 3.63) is 0 Å². The Morgan fingerprint density at radius 3 is 2.17 bits per heavy atom. The van der Waals surface area contributed by atoms with Crippen LogP contribution >= 0.6 is 0 Å². The minimum atomic E-state index is -4.37. The molecule has 0 aromatic carbocycles. The molecule has 0 aliphatic carbocycles. The van der Waals surface area contributed by atoms with Crippen LogP contribution in [0.2, 0.25) is 0 Å². The molecular weight excluding hydrogens is 182 g/mol. The van der Waals surface area contributed by atoms with E-state index in [1.54, 1.807) is 0 Å². The number of hydrogen-bond acceptors (Lipinski definition) is 2. The van der Waals surface area contributed by atoms with Gasteiger partial charge in [-0.1, -0.05) is 0 Å². The molecular formula is C5H7F4NO2. The van der Waals surface area contributed by atoms with E-state index in [9.17, 15) is 22.4 Å². The maximum atomic E-state index is 12.2. The Labute approximate surface area is 65.5 Å². The van der Waals surface area contributed by atoms with E-state index in [0.29, 0.717) is 6.92 Å². The number of carbonyl (C=O) groups is 1. The van der Waals surface area contributed by atoms with Gasteiger partial charge in [0.05, 0.1) is 0 Å². The van der Waals surface area contributed by atoms with Crippen LogP contribution in [0.15, 0.2) is 0 Å². The molecule has 0 saturated carbocycles. The molecule has 0 aliphatic heterocycles. The van der Waals surface area contributed by atoms with E-state index >= 15 is 0 Å². The second-order valence-electron chi connectivity index (χ2n) is 2.05. The number of carbonyl (C=O) groups excluding carboxylic acids is 1. The van der Waals surface area contributed by atoms with Gasteiger partial charge in [-0.3, -0.25) is 0 Å². The lowest BCUT2D eigenvalue weighted by Gasteiger charge is -2.21. The second kappa shape index (κ2) is 3.59. The highest BCUT2D eigenvalue weighted by atomic mass is 19.3. The molecule has 0 bridgehead atoms. The van der Waals surface area contributed by atoms with E-state index in [4.69, 9.17) is 0 Å². The lowest BCUT2D eigenvalue weighted by Crippen LogP contribution is -2.42.